The third-order valence-electron chi connectivity index (χ3n) is 1.79. The predicted octanol–water partition coefficient (Wildman–Crippen LogP) is 2.94. The highest BCUT2D eigenvalue weighted by Crippen LogP contribution is 2.24. The van der Waals surface area contributed by atoms with Crippen molar-refractivity contribution in [2.45, 2.75) is 13.3 Å². The molecule has 0 saturated carbocycles. The summed E-state index contributed by atoms with van der Waals surface area (Å²) in [5, 5.41) is 0.407. The van der Waals surface area contributed by atoms with Crippen LogP contribution in [0.3, 0.4) is 0 Å². The van der Waals surface area contributed by atoms with Crippen molar-refractivity contribution in [2.24, 2.45) is 0 Å². The van der Waals surface area contributed by atoms with Crippen molar-refractivity contribution in [3.63, 3.8) is 0 Å². The molecule has 0 aliphatic rings. The number of aldehydes is 1. The molecule has 0 radical (unpaired) electrons. The summed E-state index contributed by atoms with van der Waals surface area (Å²) in [5.74, 6) is 6.15. The average molecular weight is 223 g/mol. The topological polar surface area (TPSA) is 26.3 Å². The Kier molecular flexibility index (Phi) is 4.73. The van der Waals surface area contributed by atoms with E-state index in [1.165, 1.54) is 0 Å². The Labute approximate surface area is 94.2 Å². The number of hydrogen-bond acceptors (Lipinski definition) is 2. The Balaban J connectivity index is 2.70. The quantitative estimate of drug-likeness (QED) is 0.445. The van der Waals surface area contributed by atoms with E-state index in [4.69, 9.17) is 16.3 Å². The van der Waals surface area contributed by atoms with Crippen molar-refractivity contribution >= 4 is 17.9 Å². The maximum Gasteiger partial charge on any atom is 0.155 e. The van der Waals surface area contributed by atoms with Gasteiger partial charge in [0.25, 0.3) is 0 Å². The molecule has 3 heteroatoms. The van der Waals surface area contributed by atoms with Crippen LogP contribution < -0.4 is 4.74 Å². The van der Waals surface area contributed by atoms with Crippen molar-refractivity contribution in [3.05, 3.63) is 28.8 Å². The maximum atomic E-state index is 10.7. The second-order valence-corrected chi connectivity index (χ2v) is 3.20. The van der Waals surface area contributed by atoms with Crippen LogP contribution in [0.5, 0.6) is 5.75 Å². The largest absolute Gasteiger partial charge is 0.492 e. The van der Waals surface area contributed by atoms with E-state index in [-0.39, 0.29) is 0 Å². The molecular formula is C12H11ClO2. The van der Waals surface area contributed by atoms with Gasteiger partial charge in [0.2, 0.25) is 0 Å². The lowest BCUT2D eigenvalue weighted by molar-refractivity contribution is 0.112. The molecule has 0 unspecified atom stereocenters. The van der Waals surface area contributed by atoms with Crippen LogP contribution in [0.1, 0.15) is 23.7 Å². The van der Waals surface area contributed by atoms with Gasteiger partial charge >= 0.3 is 0 Å². The molecule has 78 valence electrons. The number of halogens is 1. The summed E-state index contributed by atoms with van der Waals surface area (Å²) < 4.78 is 5.39. The zero-order chi connectivity index (χ0) is 11.1. The van der Waals surface area contributed by atoms with Crippen LogP contribution in [0.2, 0.25) is 5.02 Å². The van der Waals surface area contributed by atoms with Gasteiger partial charge in [-0.15, -0.1) is 11.8 Å². The highest BCUT2D eigenvalue weighted by molar-refractivity contribution is 6.33. The lowest BCUT2D eigenvalue weighted by atomic mass is 10.2. The molecule has 1 aromatic rings. The first-order valence-corrected chi connectivity index (χ1v) is 4.93. The smallest absolute Gasteiger partial charge is 0.155 e. The second kappa shape index (κ2) is 6.10. The normalized spacial score (nSPS) is 8.93. The second-order valence-electron chi connectivity index (χ2n) is 2.79. The molecule has 15 heavy (non-hydrogen) atoms. The van der Waals surface area contributed by atoms with Crippen LogP contribution in [0.25, 0.3) is 0 Å². The lowest BCUT2D eigenvalue weighted by Gasteiger charge is -2.07. The SMILES string of the molecule is CC#CCCOc1cccc(Cl)c1C=O. The minimum atomic E-state index is 0.392. The summed E-state index contributed by atoms with van der Waals surface area (Å²) in [6, 6.07) is 5.12. The molecule has 0 spiro atoms. The minimum Gasteiger partial charge on any atom is -0.492 e. The van der Waals surface area contributed by atoms with Gasteiger partial charge in [-0.3, -0.25) is 4.79 Å². The minimum absolute atomic E-state index is 0.392. The standard InChI is InChI=1S/C12H11ClO2/c1-2-3-4-8-15-12-7-5-6-11(13)10(12)9-14/h5-7,9H,4,8H2,1H3. The molecule has 0 aromatic heterocycles. The first-order valence-electron chi connectivity index (χ1n) is 4.55. The number of hydrogen-bond donors (Lipinski definition) is 0. The van der Waals surface area contributed by atoms with Crippen molar-refractivity contribution in [2.75, 3.05) is 6.61 Å². The molecule has 0 aliphatic heterocycles. The molecule has 1 rings (SSSR count). The zero-order valence-corrected chi connectivity index (χ0v) is 9.17. The van der Waals surface area contributed by atoms with Gasteiger partial charge in [0, 0.05) is 6.42 Å². The molecule has 0 bridgehead atoms. The Bertz CT molecular complexity index is 402. The van der Waals surface area contributed by atoms with E-state index in [9.17, 15) is 4.79 Å². The van der Waals surface area contributed by atoms with Gasteiger partial charge in [0.15, 0.2) is 6.29 Å². The van der Waals surface area contributed by atoms with Gasteiger partial charge in [0.05, 0.1) is 17.2 Å². The van der Waals surface area contributed by atoms with E-state index >= 15 is 0 Å². The summed E-state index contributed by atoms with van der Waals surface area (Å²) in [5.41, 5.74) is 0.392. The highest BCUT2D eigenvalue weighted by atomic mass is 35.5. The Morgan fingerprint density at radius 2 is 2.33 bits per heavy atom. The third-order valence-corrected chi connectivity index (χ3v) is 2.12. The maximum absolute atomic E-state index is 10.7. The summed E-state index contributed by atoms with van der Waals surface area (Å²) in [6.07, 6.45) is 1.34. The number of ether oxygens (including phenoxy) is 1. The van der Waals surface area contributed by atoms with Crippen LogP contribution in [0.15, 0.2) is 18.2 Å². The Hall–Kier alpha value is -1.46. The zero-order valence-electron chi connectivity index (χ0n) is 8.42. The first kappa shape index (κ1) is 11.6. The van der Waals surface area contributed by atoms with Gasteiger partial charge in [-0.05, 0) is 19.1 Å². The molecule has 0 atom stereocenters. The van der Waals surface area contributed by atoms with E-state index in [2.05, 4.69) is 11.8 Å². The first-order chi connectivity index (χ1) is 7.29. The average Bonchev–Trinajstić information content (AvgIpc) is 2.24. The molecule has 1 aromatic carbocycles. The number of carbonyl (C=O) groups is 1. The fourth-order valence-corrected chi connectivity index (χ4v) is 1.30. The fraction of sp³-hybridized carbons (Fsp3) is 0.250. The monoisotopic (exact) mass is 222 g/mol. The molecule has 0 fully saturated rings. The molecule has 0 heterocycles. The summed E-state index contributed by atoms with van der Waals surface area (Å²) >= 11 is 5.83. The molecule has 0 saturated heterocycles. The van der Waals surface area contributed by atoms with Crippen molar-refractivity contribution < 1.29 is 9.53 Å². The summed E-state index contributed by atoms with van der Waals surface area (Å²) in [6.45, 7) is 2.23. The van der Waals surface area contributed by atoms with E-state index in [0.717, 1.165) is 0 Å². The van der Waals surface area contributed by atoms with Crippen LogP contribution in [-0.2, 0) is 0 Å². The summed E-state index contributed by atoms with van der Waals surface area (Å²) in [7, 11) is 0. The van der Waals surface area contributed by atoms with Crippen LogP contribution in [0, 0.1) is 11.8 Å². The van der Waals surface area contributed by atoms with Gasteiger partial charge in [0.1, 0.15) is 5.75 Å². The van der Waals surface area contributed by atoms with Gasteiger partial charge < -0.3 is 4.74 Å². The highest BCUT2D eigenvalue weighted by Gasteiger charge is 2.06. The van der Waals surface area contributed by atoms with Gasteiger partial charge in [-0.2, -0.15) is 0 Å². The molecule has 0 amide bonds. The predicted molar refractivity (Wildman–Crippen MR) is 60.4 cm³/mol. The van der Waals surface area contributed by atoms with Crippen molar-refractivity contribution in [1.29, 1.82) is 0 Å². The molecule has 0 aliphatic carbocycles. The Morgan fingerprint density at radius 3 is 3.00 bits per heavy atom. The van der Waals surface area contributed by atoms with Crippen LogP contribution in [0.4, 0.5) is 0 Å². The van der Waals surface area contributed by atoms with Gasteiger partial charge in [-0.25, -0.2) is 0 Å². The van der Waals surface area contributed by atoms with E-state index in [0.29, 0.717) is 35.6 Å². The molecule has 2 nitrogen and oxygen atoms in total. The Morgan fingerprint density at radius 1 is 1.53 bits per heavy atom. The molecular weight excluding hydrogens is 212 g/mol. The molecule has 0 N–H and O–H groups in total. The fourth-order valence-electron chi connectivity index (χ4n) is 1.09. The van der Waals surface area contributed by atoms with Crippen molar-refractivity contribution in [1.82, 2.24) is 0 Å². The van der Waals surface area contributed by atoms with Crippen molar-refractivity contribution in [3.8, 4) is 17.6 Å². The van der Waals surface area contributed by atoms with E-state index < -0.39 is 0 Å². The third kappa shape index (κ3) is 3.30. The van der Waals surface area contributed by atoms with Crippen LogP contribution >= 0.6 is 11.6 Å². The summed E-state index contributed by atoms with van der Waals surface area (Å²) in [4.78, 5) is 10.7. The lowest BCUT2D eigenvalue weighted by Crippen LogP contribution is -1.99. The van der Waals surface area contributed by atoms with Gasteiger partial charge in [-0.1, -0.05) is 17.7 Å². The number of rotatable bonds is 4. The van der Waals surface area contributed by atoms with E-state index in [1.54, 1.807) is 25.1 Å². The number of benzene rings is 1. The van der Waals surface area contributed by atoms with E-state index in [1.807, 2.05) is 0 Å². The number of carbonyl (C=O) groups excluding carboxylic acids is 1. The van der Waals surface area contributed by atoms with Crippen LogP contribution in [-0.4, -0.2) is 12.9 Å².